The molecule has 0 aromatic heterocycles. The van der Waals surface area contributed by atoms with Gasteiger partial charge in [-0.3, -0.25) is 0 Å². The van der Waals surface area contributed by atoms with Gasteiger partial charge in [0, 0.05) is 12.0 Å². The molecule has 1 aromatic rings. The number of carboxylic acids is 1. The summed E-state index contributed by atoms with van der Waals surface area (Å²) in [4.78, 5) is 23.1. The number of benzene rings is 1. The van der Waals surface area contributed by atoms with Crippen molar-refractivity contribution >= 4 is 12.0 Å². The van der Waals surface area contributed by atoms with E-state index >= 15 is 0 Å². The second kappa shape index (κ2) is 6.03. The second-order valence-corrected chi connectivity index (χ2v) is 5.77. The van der Waals surface area contributed by atoms with Crippen LogP contribution in [-0.4, -0.2) is 33.8 Å². The van der Waals surface area contributed by atoms with Crippen LogP contribution in [0.15, 0.2) is 24.3 Å². The molecule has 0 bridgehead atoms. The van der Waals surface area contributed by atoms with E-state index in [0.29, 0.717) is 0 Å². The van der Waals surface area contributed by atoms with Crippen LogP contribution in [0, 0.1) is 0 Å². The molecular weight excluding hydrogens is 272 g/mol. The smallest absolute Gasteiger partial charge is 0.326 e. The first-order chi connectivity index (χ1) is 9.88. The van der Waals surface area contributed by atoms with Crippen LogP contribution in [0.3, 0.4) is 0 Å². The number of phenolic OH excluding ortho intramolecular Hbond substituents is 1. The van der Waals surface area contributed by atoms with Crippen LogP contribution in [0.2, 0.25) is 0 Å². The number of phenols is 1. The van der Waals surface area contributed by atoms with E-state index in [1.165, 1.54) is 12.1 Å². The molecule has 21 heavy (non-hydrogen) atoms. The molecule has 2 rings (SSSR count). The van der Waals surface area contributed by atoms with Crippen molar-refractivity contribution in [2.75, 3.05) is 0 Å². The van der Waals surface area contributed by atoms with Crippen LogP contribution in [-0.2, 0) is 11.2 Å². The highest BCUT2D eigenvalue weighted by atomic mass is 16.4. The van der Waals surface area contributed by atoms with E-state index in [2.05, 4.69) is 10.6 Å². The number of carboxylic acid groups (broad SMARTS) is 1. The standard InChI is InChI=1S/C15H20N2O4/c1-15(7-2-8-15)17-14(21)16-12(13(19)20)9-10-3-5-11(18)6-4-10/h3-6,12,18H,2,7-9H2,1H3,(H,19,20)(H2,16,17,21)/t12-/m1/s1. The molecule has 1 aromatic carbocycles. The number of rotatable bonds is 5. The lowest BCUT2D eigenvalue weighted by Gasteiger charge is -2.39. The highest BCUT2D eigenvalue weighted by Crippen LogP contribution is 2.30. The Kier molecular flexibility index (Phi) is 4.35. The molecule has 6 heteroatoms. The minimum atomic E-state index is -1.09. The summed E-state index contributed by atoms with van der Waals surface area (Å²) in [5.74, 6) is -0.966. The van der Waals surface area contributed by atoms with Gasteiger partial charge in [-0.25, -0.2) is 9.59 Å². The fourth-order valence-electron chi connectivity index (χ4n) is 2.37. The van der Waals surface area contributed by atoms with Crippen LogP contribution < -0.4 is 10.6 Å². The molecular formula is C15H20N2O4. The average molecular weight is 292 g/mol. The molecule has 0 aliphatic heterocycles. The van der Waals surface area contributed by atoms with Crippen molar-refractivity contribution in [2.45, 2.75) is 44.2 Å². The third-order valence-electron chi connectivity index (χ3n) is 3.85. The Bertz CT molecular complexity index is 523. The van der Waals surface area contributed by atoms with Crippen molar-refractivity contribution in [3.8, 4) is 5.75 Å². The largest absolute Gasteiger partial charge is 0.508 e. The zero-order valence-electron chi connectivity index (χ0n) is 11.9. The molecule has 6 nitrogen and oxygen atoms in total. The highest BCUT2D eigenvalue weighted by molar-refractivity contribution is 5.83. The van der Waals surface area contributed by atoms with E-state index in [9.17, 15) is 19.8 Å². The Morgan fingerprint density at radius 2 is 1.90 bits per heavy atom. The third kappa shape index (κ3) is 4.11. The van der Waals surface area contributed by atoms with Gasteiger partial charge >= 0.3 is 12.0 Å². The van der Waals surface area contributed by atoms with Gasteiger partial charge in [-0.15, -0.1) is 0 Å². The minimum absolute atomic E-state index is 0.120. The first kappa shape index (κ1) is 15.2. The molecule has 0 spiro atoms. The van der Waals surface area contributed by atoms with Crippen molar-refractivity contribution in [2.24, 2.45) is 0 Å². The van der Waals surface area contributed by atoms with Crippen molar-refractivity contribution < 1.29 is 19.8 Å². The molecule has 4 N–H and O–H groups in total. The lowest BCUT2D eigenvalue weighted by atomic mass is 9.79. The topological polar surface area (TPSA) is 98.7 Å². The first-order valence-electron chi connectivity index (χ1n) is 6.97. The normalized spacial score (nSPS) is 17.4. The van der Waals surface area contributed by atoms with Gasteiger partial charge in [-0.2, -0.15) is 0 Å². The SMILES string of the molecule is CC1(NC(=O)N[C@H](Cc2ccc(O)cc2)C(=O)O)CCC1. The van der Waals surface area contributed by atoms with Crippen LogP contribution >= 0.6 is 0 Å². The van der Waals surface area contributed by atoms with E-state index in [-0.39, 0.29) is 17.7 Å². The molecule has 1 fully saturated rings. The lowest BCUT2D eigenvalue weighted by Crippen LogP contribution is -2.57. The fraction of sp³-hybridized carbons (Fsp3) is 0.467. The molecule has 0 unspecified atom stereocenters. The molecule has 1 saturated carbocycles. The maximum atomic E-state index is 11.9. The quantitative estimate of drug-likeness (QED) is 0.663. The Labute approximate surface area is 123 Å². The van der Waals surface area contributed by atoms with Crippen LogP contribution in [0.4, 0.5) is 4.79 Å². The zero-order valence-corrected chi connectivity index (χ0v) is 11.9. The van der Waals surface area contributed by atoms with E-state index in [1.807, 2.05) is 6.92 Å². The minimum Gasteiger partial charge on any atom is -0.508 e. The van der Waals surface area contributed by atoms with Gasteiger partial charge in [0.05, 0.1) is 0 Å². The van der Waals surface area contributed by atoms with Gasteiger partial charge in [0.25, 0.3) is 0 Å². The Balaban J connectivity index is 1.94. The maximum Gasteiger partial charge on any atom is 0.326 e. The molecule has 1 atom stereocenters. The average Bonchev–Trinajstić information content (AvgIpc) is 2.38. The van der Waals surface area contributed by atoms with E-state index in [1.54, 1.807) is 12.1 Å². The Morgan fingerprint density at radius 1 is 1.29 bits per heavy atom. The number of hydrogen-bond donors (Lipinski definition) is 4. The summed E-state index contributed by atoms with van der Waals surface area (Å²) in [5.41, 5.74) is 0.515. The van der Waals surface area contributed by atoms with Crippen molar-refractivity contribution in [1.29, 1.82) is 0 Å². The van der Waals surface area contributed by atoms with Gasteiger partial charge in [-0.1, -0.05) is 12.1 Å². The molecule has 0 saturated heterocycles. The number of hydrogen-bond acceptors (Lipinski definition) is 3. The summed E-state index contributed by atoms with van der Waals surface area (Å²) in [7, 11) is 0. The van der Waals surface area contributed by atoms with Crippen LogP contribution in [0.25, 0.3) is 0 Å². The number of aromatic hydroxyl groups is 1. The van der Waals surface area contributed by atoms with Gasteiger partial charge < -0.3 is 20.8 Å². The Hall–Kier alpha value is -2.24. The molecule has 1 aliphatic rings. The summed E-state index contributed by atoms with van der Waals surface area (Å²) < 4.78 is 0. The number of carbonyl (C=O) groups is 2. The Morgan fingerprint density at radius 3 is 2.38 bits per heavy atom. The van der Waals surface area contributed by atoms with E-state index in [0.717, 1.165) is 24.8 Å². The number of nitrogens with one attached hydrogen (secondary N) is 2. The molecule has 2 amide bonds. The number of amides is 2. The lowest BCUT2D eigenvalue weighted by molar-refractivity contribution is -0.139. The van der Waals surface area contributed by atoms with Gasteiger partial charge in [0.1, 0.15) is 11.8 Å². The van der Waals surface area contributed by atoms with Gasteiger partial charge in [0.2, 0.25) is 0 Å². The van der Waals surface area contributed by atoms with Crippen molar-refractivity contribution in [3.63, 3.8) is 0 Å². The second-order valence-electron chi connectivity index (χ2n) is 5.77. The predicted molar refractivity (Wildman–Crippen MR) is 77.2 cm³/mol. The van der Waals surface area contributed by atoms with Gasteiger partial charge in [0.15, 0.2) is 0 Å². The summed E-state index contributed by atoms with van der Waals surface area (Å²) in [6.07, 6.45) is 3.07. The van der Waals surface area contributed by atoms with Crippen LogP contribution in [0.1, 0.15) is 31.7 Å². The summed E-state index contributed by atoms with van der Waals surface area (Å²) in [6, 6.07) is 4.80. The molecule has 0 radical (unpaired) electrons. The molecule has 114 valence electrons. The highest BCUT2D eigenvalue weighted by Gasteiger charge is 2.34. The summed E-state index contributed by atoms with van der Waals surface area (Å²) in [6.45, 7) is 1.95. The molecule has 1 aliphatic carbocycles. The monoisotopic (exact) mass is 292 g/mol. The van der Waals surface area contributed by atoms with E-state index in [4.69, 9.17) is 0 Å². The van der Waals surface area contributed by atoms with Crippen molar-refractivity contribution in [3.05, 3.63) is 29.8 Å². The molecule has 0 heterocycles. The maximum absolute atomic E-state index is 11.9. The number of carbonyl (C=O) groups excluding carboxylic acids is 1. The summed E-state index contributed by atoms with van der Waals surface area (Å²) >= 11 is 0. The number of aliphatic carboxylic acids is 1. The fourth-order valence-corrected chi connectivity index (χ4v) is 2.37. The zero-order chi connectivity index (χ0) is 15.5. The van der Waals surface area contributed by atoms with E-state index < -0.39 is 18.0 Å². The van der Waals surface area contributed by atoms with Crippen molar-refractivity contribution in [1.82, 2.24) is 10.6 Å². The summed E-state index contributed by atoms with van der Waals surface area (Å²) in [5, 5.41) is 23.7. The van der Waals surface area contributed by atoms with Crippen LogP contribution in [0.5, 0.6) is 5.75 Å². The van der Waals surface area contributed by atoms with Gasteiger partial charge in [-0.05, 0) is 43.9 Å². The first-order valence-corrected chi connectivity index (χ1v) is 6.97. The third-order valence-corrected chi connectivity index (χ3v) is 3.85. The number of urea groups is 1. The predicted octanol–water partition coefficient (Wildman–Crippen LogP) is 1.63.